The van der Waals surface area contributed by atoms with E-state index < -0.39 is 6.61 Å². The van der Waals surface area contributed by atoms with Crippen LogP contribution in [0.5, 0.6) is 0 Å². The van der Waals surface area contributed by atoms with E-state index in [0.717, 1.165) is 0 Å². The molecule has 0 radical (unpaired) electrons. The standard InChI is InChI=1S/C12H10P.Cu.H/c1-3-7-11(8-4-1)13-12-9-5-2-6-10-12;;/h1-10H;;/q-1;+1;-1. The van der Waals surface area contributed by atoms with Crippen LogP contribution in [-0.4, -0.2) is 0 Å². The normalized spacial score (nSPS) is 10.5. The summed E-state index contributed by atoms with van der Waals surface area (Å²) in [6.45, 7) is -0.608. The van der Waals surface area contributed by atoms with E-state index in [1.807, 2.05) is 36.4 Å². The van der Waals surface area contributed by atoms with Crippen LogP contribution in [0.15, 0.2) is 60.7 Å². The van der Waals surface area contributed by atoms with Crippen molar-refractivity contribution in [2.75, 3.05) is 0 Å². The monoisotopic (exact) mass is 249 g/mol. The van der Waals surface area contributed by atoms with Gasteiger partial charge in [-0.1, -0.05) is 0 Å². The van der Waals surface area contributed by atoms with Crippen molar-refractivity contribution in [3.63, 3.8) is 0 Å². The summed E-state index contributed by atoms with van der Waals surface area (Å²) in [6.07, 6.45) is 0. The summed E-state index contributed by atoms with van der Waals surface area (Å²) in [5, 5.41) is 2.49. The van der Waals surface area contributed by atoms with Crippen molar-refractivity contribution in [3.8, 4) is 0 Å². The Hall–Kier alpha value is -0.611. The molecule has 14 heavy (non-hydrogen) atoms. The Kier molecular flexibility index (Phi) is 3.37. The zero-order valence-corrected chi connectivity index (χ0v) is 9.36. The molecule has 0 saturated heterocycles. The number of benzene rings is 2. The second-order valence-electron chi connectivity index (χ2n) is 2.92. The van der Waals surface area contributed by atoms with Gasteiger partial charge in [-0.25, -0.2) is 0 Å². The largest absolute Gasteiger partial charge is 1.00 e. The van der Waals surface area contributed by atoms with Crippen LogP contribution in [0.1, 0.15) is 1.43 Å². The van der Waals surface area contributed by atoms with Gasteiger partial charge in [0, 0.05) is 0 Å². The van der Waals surface area contributed by atoms with E-state index in [1.165, 1.54) is 10.6 Å². The van der Waals surface area contributed by atoms with Gasteiger partial charge < -0.3 is 1.43 Å². The van der Waals surface area contributed by atoms with Gasteiger partial charge >= 0.3 is 93.5 Å². The molecule has 0 aromatic heterocycles. The molecule has 0 atom stereocenters. The van der Waals surface area contributed by atoms with E-state index >= 15 is 0 Å². The van der Waals surface area contributed by atoms with Crippen molar-refractivity contribution in [2.24, 2.45) is 0 Å². The molecular weight excluding hydrogens is 239 g/mol. The Bertz CT molecular complexity index is 351. The molecule has 0 aliphatic rings. The van der Waals surface area contributed by atoms with Gasteiger partial charge in [0.25, 0.3) is 0 Å². The quantitative estimate of drug-likeness (QED) is 0.567. The minimum Gasteiger partial charge on any atom is -1.00 e. The van der Waals surface area contributed by atoms with Crippen LogP contribution in [0.2, 0.25) is 0 Å². The average molecular weight is 250 g/mol. The van der Waals surface area contributed by atoms with Crippen LogP contribution in [0.4, 0.5) is 0 Å². The fraction of sp³-hybridized carbons (Fsp3) is 0. The summed E-state index contributed by atoms with van der Waals surface area (Å²) < 4.78 is 0. The third-order valence-corrected chi connectivity index (χ3v) is 4.81. The second kappa shape index (κ2) is 4.75. The van der Waals surface area contributed by atoms with Gasteiger partial charge in [0.2, 0.25) is 0 Å². The van der Waals surface area contributed by atoms with Crippen LogP contribution in [0.3, 0.4) is 0 Å². The molecule has 0 aliphatic heterocycles. The summed E-state index contributed by atoms with van der Waals surface area (Å²) in [5.74, 6) is 0. The van der Waals surface area contributed by atoms with Crippen LogP contribution in [-0.2, 0) is 15.6 Å². The number of rotatable bonds is 2. The molecule has 0 nitrogen and oxygen atoms in total. The van der Waals surface area contributed by atoms with Gasteiger partial charge in [-0.2, -0.15) is 0 Å². The summed E-state index contributed by atoms with van der Waals surface area (Å²) >= 11 is 5.70. The molecule has 2 aromatic rings. The number of hydrogen-bond donors (Lipinski definition) is 0. The molecule has 0 spiro atoms. The van der Waals surface area contributed by atoms with Crippen LogP contribution >= 0.6 is 6.61 Å². The first-order chi connectivity index (χ1) is 6.88. The summed E-state index contributed by atoms with van der Waals surface area (Å²) in [7, 11) is 0. The van der Waals surface area contributed by atoms with Crippen LogP contribution < -0.4 is 10.6 Å². The van der Waals surface area contributed by atoms with E-state index in [0.29, 0.717) is 0 Å². The fourth-order valence-corrected chi connectivity index (χ4v) is 3.21. The summed E-state index contributed by atoms with van der Waals surface area (Å²) in [4.78, 5) is 0. The molecular formula is C12H11CuP-. The Morgan fingerprint density at radius 3 is 1.43 bits per heavy atom. The second-order valence-corrected chi connectivity index (χ2v) is 5.71. The number of hydrogen-bond acceptors (Lipinski definition) is 0. The zero-order valence-electron chi connectivity index (χ0n) is 8.52. The third-order valence-electron chi connectivity index (χ3n) is 1.93. The first kappa shape index (κ1) is 9.93. The van der Waals surface area contributed by atoms with Gasteiger partial charge in [0.15, 0.2) is 0 Å². The molecule has 0 amide bonds. The maximum atomic E-state index is 5.70. The maximum absolute atomic E-state index is 5.70. The fourth-order valence-electron chi connectivity index (χ4n) is 1.24. The maximum Gasteiger partial charge on any atom is -1.00 e. The topological polar surface area (TPSA) is 0 Å². The van der Waals surface area contributed by atoms with Crippen LogP contribution in [0, 0.1) is 0 Å². The van der Waals surface area contributed by atoms with Crippen molar-refractivity contribution in [2.45, 2.75) is 0 Å². The van der Waals surface area contributed by atoms with Crippen molar-refractivity contribution < 1.29 is 17.0 Å². The predicted molar refractivity (Wildman–Crippen MR) is 60.2 cm³/mol. The van der Waals surface area contributed by atoms with Gasteiger partial charge in [0.1, 0.15) is 0 Å². The van der Waals surface area contributed by atoms with Crippen molar-refractivity contribution in [1.82, 2.24) is 0 Å². The van der Waals surface area contributed by atoms with E-state index in [2.05, 4.69) is 24.3 Å². The minimum atomic E-state index is -0.608. The van der Waals surface area contributed by atoms with Crippen molar-refractivity contribution >= 4 is 17.2 Å². The smallest absolute Gasteiger partial charge is 1.00 e. The van der Waals surface area contributed by atoms with E-state index in [9.17, 15) is 0 Å². The Labute approximate surface area is 95.0 Å². The molecule has 76 valence electrons. The Morgan fingerprint density at radius 1 is 0.714 bits per heavy atom. The van der Waals surface area contributed by atoms with Gasteiger partial charge in [-0.3, -0.25) is 0 Å². The molecule has 2 rings (SSSR count). The Morgan fingerprint density at radius 2 is 1.07 bits per heavy atom. The van der Waals surface area contributed by atoms with Gasteiger partial charge in [0.05, 0.1) is 0 Å². The Balaban J connectivity index is 0.00000112. The molecule has 0 aliphatic carbocycles. The molecule has 0 unspecified atom stereocenters. The van der Waals surface area contributed by atoms with Gasteiger partial charge in [-0.05, 0) is 0 Å². The van der Waals surface area contributed by atoms with E-state index in [1.54, 1.807) is 0 Å². The first-order valence-corrected chi connectivity index (χ1v) is 6.83. The van der Waals surface area contributed by atoms with E-state index in [-0.39, 0.29) is 1.43 Å². The van der Waals surface area contributed by atoms with Gasteiger partial charge in [-0.15, -0.1) is 0 Å². The molecule has 0 N–H and O–H groups in total. The summed E-state index contributed by atoms with van der Waals surface area (Å²) in [6, 6.07) is 20.6. The van der Waals surface area contributed by atoms with Crippen molar-refractivity contribution in [3.05, 3.63) is 60.7 Å². The minimum absolute atomic E-state index is 0. The van der Waals surface area contributed by atoms with E-state index in [4.69, 9.17) is 15.6 Å². The molecule has 0 bridgehead atoms. The molecule has 0 heterocycles. The predicted octanol–water partition coefficient (Wildman–Crippen LogP) is 2.69. The first-order valence-electron chi connectivity index (χ1n) is 4.40. The molecule has 2 aromatic carbocycles. The SMILES string of the molecule is [Cu][P](c1ccccc1)c1ccccc1.[H-]. The van der Waals surface area contributed by atoms with Crippen LogP contribution in [0.25, 0.3) is 0 Å². The summed E-state index contributed by atoms with van der Waals surface area (Å²) in [5.41, 5.74) is 0. The molecule has 0 fully saturated rings. The van der Waals surface area contributed by atoms with Crippen molar-refractivity contribution in [1.29, 1.82) is 0 Å². The average Bonchev–Trinajstić information content (AvgIpc) is 2.30. The third kappa shape index (κ3) is 2.25. The molecule has 2 heteroatoms. The molecule has 0 saturated carbocycles. The zero-order chi connectivity index (χ0) is 9.80.